The number of nitrogens with two attached hydrogens (primary N) is 1. The van der Waals surface area contributed by atoms with Crippen LogP contribution in [0, 0.1) is 0 Å². The third-order valence-electron chi connectivity index (χ3n) is 3.95. The highest BCUT2D eigenvalue weighted by Gasteiger charge is 2.19. The summed E-state index contributed by atoms with van der Waals surface area (Å²) in [5.41, 5.74) is 5.18. The molecule has 3 aromatic heterocycles. The van der Waals surface area contributed by atoms with Gasteiger partial charge in [0.05, 0.1) is 6.54 Å². The molecule has 0 aromatic carbocycles. The lowest BCUT2D eigenvalue weighted by molar-refractivity contribution is 0.472. The number of unbranched alkanes of at least 4 members (excludes halogenated alkanes) is 1. The van der Waals surface area contributed by atoms with E-state index in [9.17, 15) is 9.59 Å². The Bertz CT molecular complexity index is 1050. The van der Waals surface area contributed by atoms with Crippen molar-refractivity contribution in [3.05, 3.63) is 43.5 Å². The fourth-order valence-corrected chi connectivity index (χ4v) is 2.92. The minimum absolute atomic E-state index is 0.106. The van der Waals surface area contributed by atoms with Crippen LogP contribution in [0.15, 0.2) is 35.2 Å². The first-order valence-electron chi connectivity index (χ1n) is 8.32. The van der Waals surface area contributed by atoms with Gasteiger partial charge in [-0.05, 0) is 34.5 Å². The first-order valence-corrected chi connectivity index (χ1v) is 9.11. The van der Waals surface area contributed by atoms with Crippen molar-refractivity contribution in [3.8, 4) is 11.7 Å². The zero-order valence-corrected chi connectivity index (χ0v) is 16.4. The SMILES string of the molecule is CCCCn1c(N)c(N(C)Cc2nnc(-c3ccc(Br)o3)o2)c(=O)[nH]c1=O. The van der Waals surface area contributed by atoms with Gasteiger partial charge in [0.1, 0.15) is 11.5 Å². The number of halogens is 1. The molecule has 0 aliphatic rings. The molecule has 10 nitrogen and oxygen atoms in total. The van der Waals surface area contributed by atoms with Gasteiger partial charge in [-0.15, -0.1) is 10.2 Å². The average molecular weight is 439 g/mol. The zero-order valence-electron chi connectivity index (χ0n) is 14.9. The molecular formula is C16H19BrN6O4. The Morgan fingerprint density at radius 3 is 2.74 bits per heavy atom. The first kappa shape index (κ1) is 19.0. The van der Waals surface area contributed by atoms with Crippen molar-refractivity contribution in [1.82, 2.24) is 19.7 Å². The van der Waals surface area contributed by atoms with E-state index in [0.29, 0.717) is 17.0 Å². The first-order chi connectivity index (χ1) is 12.9. The molecule has 0 saturated heterocycles. The molecule has 0 radical (unpaired) electrons. The van der Waals surface area contributed by atoms with E-state index in [1.165, 1.54) is 4.57 Å². The number of aromatic amines is 1. The Morgan fingerprint density at radius 1 is 1.30 bits per heavy atom. The third-order valence-corrected chi connectivity index (χ3v) is 4.38. The van der Waals surface area contributed by atoms with Crippen LogP contribution in [0.5, 0.6) is 0 Å². The van der Waals surface area contributed by atoms with Crippen LogP contribution in [0.1, 0.15) is 25.7 Å². The Hall–Kier alpha value is -2.82. The van der Waals surface area contributed by atoms with E-state index >= 15 is 0 Å². The van der Waals surface area contributed by atoms with E-state index in [4.69, 9.17) is 14.6 Å². The van der Waals surface area contributed by atoms with Crippen LogP contribution in [0.25, 0.3) is 11.7 Å². The normalized spacial score (nSPS) is 11.1. The molecule has 0 amide bonds. The van der Waals surface area contributed by atoms with Gasteiger partial charge in [0.25, 0.3) is 11.4 Å². The average Bonchev–Trinajstić information content (AvgIpc) is 3.23. The van der Waals surface area contributed by atoms with Gasteiger partial charge < -0.3 is 19.5 Å². The van der Waals surface area contributed by atoms with Crippen LogP contribution < -0.4 is 21.9 Å². The number of furan rings is 1. The summed E-state index contributed by atoms with van der Waals surface area (Å²) in [7, 11) is 1.66. The van der Waals surface area contributed by atoms with Gasteiger partial charge in [0, 0.05) is 13.6 Å². The molecule has 3 N–H and O–H groups in total. The lowest BCUT2D eigenvalue weighted by Crippen LogP contribution is -2.37. The molecule has 144 valence electrons. The molecular weight excluding hydrogens is 420 g/mol. The van der Waals surface area contributed by atoms with Crippen LogP contribution in [-0.2, 0) is 13.1 Å². The predicted octanol–water partition coefficient (Wildman–Crippen LogP) is 1.96. The zero-order chi connectivity index (χ0) is 19.6. The summed E-state index contributed by atoms with van der Waals surface area (Å²) in [6.45, 7) is 2.57. The Kier molecular flexibility index (Phi) is 5.49. The topological polar surface area (TPSA) is 136 Å². The molecule has 27 heavy (non-hydrogen) atoms. The predicted molar refractivity (Wildman–Crippen MR) is 102 cm³/mol. The maximum absolute atomic E-state index is 12.3. The minimum atomic E-state index is -0.567. The molecule has 0 unspecified atom stereocenters. The van der Waals surface area contributed by atoms with Crippen molar-refractivity contribution in [2.24, 2.45) is 0 Å². The molecule has 0 fully saturated rings. The molecule has 0 saturated carbocycles. The van der Waals surface area contributed by atoms with E-state index in [1.54, 1.807) is 24.1 Å². The van der Waals surface area contributed by atoms with E-state index < -0.39 is 11.2 Å². The van der Waals surface area contributed by atoms with Crippen molar-refractivity contribution in [3.63, 3.8) is 0 Å². The maximum Gasteiger partial charge on any atom is 0.330 e. The number of nitrogens with one attached hydrogen (secondary N) is 1. The number of H-pyrrole nitrogens is 1. The van der Waals surface area contributed by atoms with Crippen LogP contribution >= 0.6 is 15.9 Å². The number of anilines is 2. The molecule has 0 bridgehead atoms. The third kappa shape index (κ3) is 3.97. The number of nitrogens with zero attached hydrogens (tertiary/aromatic N) is 4. The van der Waals surface area contributed by atoms with Crippen LogP contribution in [0.4, 0.5) is 11.5 Å². The number of aromatic nitrogens is 4. The molecule has 3 rings (SSSR count). The van der Waals surface area contributed by atoms with Crippen molar-refractivity contribution in [1.29, 1.82) is 0 Å². The number of hydrogen-bond acceptors (Lipinski definition) is 8. The summed E-state index contributed by atoms with van der Waals surface area (Å²) in [6, 6.07) is 3.41. The van der Waals surface area contributed by atoms with Crippen LogP contribution in [0.3, 0.4) is 0 Å². The van der Waals surface area contributed by atoms with E-state index in [-0.39, 0.29) is 29.8 Å². The monoisotopic (exact) mass is 438 g/mol. The quantitative estimate of drug-likeness (QED) is 0.570. The van der Waals surface area contributed by atoms with Crippen molar-refractivity contribution >= 4 is 27.4 Å². The van der Waals surface area contributed by atoms with Crippen LogP contribution in [0.2, 0.25) is 0 Å². The summed E-state index contributed by atoms with van der Waals surface area (Å²) in [4.78, 5) is 28.1. The fourth-order valence-electron chi connectivity index (χ4n) is 2.61. The Balaban J connectivity index is 1.86. The number of rotatable bonds is 7. The van der Waals surface area contributed by atoms with Gasteiger partial charge in [-0.3, -0.25) is 14.3 Å². The fraction of sp³-hybridized carbons (Fsp3) is 0.375. The molecule has 3 heterocycles. The van der Waals surface area contributed by atoms with Gasteiger partial charge >= 0.3 is 5.69 Å². The smallest absolute Gasteiger partial charge is 0.330 e. The summed E-state index contributed by atoms with van der Waals surface area (Å²) < 4.78 is 12.8. The van der Waals surface area contributed by atoms with Crippen LogP contribution in [-0.4, -0.2) is 26.8 Å². The molecule has 11 heteroatoms. The van der Waals surface area contributed by atoms with Gasteiger partial charge in [0.15, 0.2) is 10.4 Å². The van der Waals surface area contributed by atoms with Crippen molar-refractivity contribution in [2.45, 2.75) is 32.9 Å². The van der Waals surface area contributed by atoms with Crippen molar-refractivity contribution in [2.75, 3.05) is 17.7 Å². The Morgan fingerprint density at radius 2 is 2.07 bits per heavy atom. The highest BCUT2D eigenvalue weighted by molar-refractivity contribution is 9.10. The van der Waals surface area contributed by atoms with Gasteiger partial charge in [-0.25, -0.2) is 4.79 Å². The number of hydrogen-bond donors (Lipinski definition) is 2. The molecule has 0 spiro atoms. The molecule has 0 atom stereocenters. The summed E-state index contributed by atoms with van der Waals surface area (Å²) in [5, 5.41) is 7.89. The second kappa shape index (κ2) is 7.82. The molecule has 0 aliphatic carbocycles. The lowest BCUT2D eigenvalue weighted by Gasteiger charge is -2.20. The second-order valence-electron chi connectivity index (χ2n) is 5.96. The van der Waals surface area contributed by atoms with E-state index in [1.807, 2.05) is 6.92 Å². The molecule has 0 aliphatic heterocycles. The summed E-state index contributed by atoms with van der Waals surface area (Å²) >= 11 is 3.21. The molecule has 3 aromatic rings. The summed E-state index contributed by atoms with van der Waals surface area (Å²) in [6.07, 6.45) is 1.66. The standard InChI is InChI=1S/C16H19BrN6O4/c1-3-4-7-23-13(18)12(14(24)19-16(23)25)22(2)8-11-20-21-15(27-11)9-5-6-10(17)26-9/h5-6H,3-4,7-8,18H2,1-2H3,(H,19,24,25). The largest absolute Gasteiger partial charge is 0.444 e. The highest BCUT2D eigenvalue weighted by atomic mass is 79.9. The van der Waals surface area contributed by atoms with Gasteiger partial charge in [-0.2, -0.15) is 0 Å². The van der Waals surface area contributed by atoms with Gasteiger partial charge in [-0.1, -0.05) is 13.3 Å². The van der Waals surface area contributed by atoms with Crippen molar-refractivity contribution < 1.29 is 8.83 Å². The Labute approximate surface area is 162 Å². The van der Waals surface area contributed by atoms with Gasteiger partial charge in [0.2, 0.25) is 5.89 Å². The second-order valence-corrected chi connectivity index (χ2v) is 6.74. The minimum Gasteiger partial charge on any atom is -0.444 e. The maximum atomic E-state index is 12.3. The highest BCUT2D eigenvalue weighted by Crippen LogP contribution is 2.24. The van der Waals surface area contributed by atoms with E-state index in [2.05, 4.69) is 31.1 Å². The lowest BCUT2D eigenvalue weighted by atomic mass is 10.3. The summed E-state index contributed by atoms with van der Waals surface area (Å²) in [5.74, 6) is 1.02. The van der Waals surface area contributed by atoms with E-state index in [0.717, 1.165) is 12.8 Å². The number of nitrogen functional groups attached to an aromatic ring is 1.